The molecule has 4 aliphatic rings. The molecule has 2 heteroatoms. The summed E-state index contributed by atoms with van der Waals surface area (Å²) in [5.41, 5.74) is 1.65. The Morgan fingerprint density at radius 3 is 2.45 bits per heavy atom. The van der Waals surface area contributed by atoms with Crippen molar-refractivity contribution in [1.29, 1.82) is 0 Å². The molecule has 0 aromatic carbocycles. The fraction of sp³-hybridized carbons (Fsp3) is 0.897. The minimum atomic E-state index is -0.101. The second-order valence-corrected chi connectivity index (χ2v) is 12.1. The second-order valence-electron chi connectivity index (χ2n) is 12.1. The molecule has 5 unspecified atom stereocenters. The third-order valence-corrected chi connectivity index (χ3v) is 9.77. The third kappa shape index (κ3) is 5.41. The smallest absolute Gasteiger partial charge is 0.302 e. The number of hydrogen-bond acceptors (Lipinski definition) is 2. The first-order valence-electron chi connectivity index (χ1n) is 13.8. The normalized spacial score (nSPS) is 38.9. The van der Waals surface area contributed by atoms with Crippen molar-refractivity contribution >= 4 is 5.97 Å². The average molecular weight is 429 g/mol. The van der Waals surface area contributed by atoms with Crippen LogP contribution in [-0.2, 0) is 9.53 Å². The molecular weight excluding hydrogens is 380 g/mol. The standard InChI is InChI=1S/C29H48O2/c1-19(2)8-7-9-20(3)24-14-15-29-26(24)16-17-27-25-11-6-5-10-23(31-21(4)30)18-22(25)12-13-28(27)29/h12,19-20,23-29H,5-11,13-18H2,1-4H3/t20?,23-,24+,25+,26?,27?,28?,29?/m0/s1. The second kappa shape index (κ2) is 10.4. The molecule has 176 valence electrons. The average Bonchev–Trinajstić information content (AvgIpc) is 3.13. The van der Waals surface area contributed by atoms with E-state index in [1.807, 2.05) is 0 Å². The van der Waals surface area contributed by atoms with Gasteiger partial charge in [0.15, 0.2) is 0 Å². The van der Waals surface area contributed by atoms with E-state index in [1.54, 1.807) is 12.5 Å². The van der Waals surface area contributed by atoms with Gasteiger partial charge in [0, 0.05) is 13.3 Å². The molecule has 0 spiro atoms. The van der Waals surface area contributed by atoms with E-state index in [0.717, 1.165) is 60.2 Å². The first-order chi connectivity index (χ1) is 14.9. The molecule has 3 fully saturated rings. The maximum atomic E-state index is 11.6. The van der Waals surface area contributed by atoms with Crippen LogP contribution >= 0.6 is 0 Å². The Balaban J connectivity index is 1.41. The molecule has 0 N–H and O–H groups in total. The molecule has 0 radical (unpaired) electrons. The minimum Gasteiger partial charge on any atom is -0.462 e. The number of carbonyl (C=O) groups excluding carboxylic acids is 1. The van der Waals surface area contributed by atoms with Crippen molar-refractivity contribution in [3.63, 3.8) is 0 Å². The molecule has 0 aromatic heterocycles. The number of fused-ring (bicyclic) bond motifs is 5. The van der Waals surface area contributed by atoms with Crippen LogP contribution in [0.15, 0.2) is 11.6 Å². The quantitative estimate of drug-likeness (QED) is 0.317. The molecule has 31 heavy (non-hydrogen) atoms. The zero-order valence-electron chi connectivity index (χ0n) is 20.8. The van der Waals surface area contributed by atoms with Crippen LogP contribution in [0.1, 0.15) is 111 Å². The summed E-state index contributed by atoms with van der Waals surface area (Å²) in [6, 6.07) is 0. The molecular formula is C29H48O2. The van der Waals surface area contributed by atoms with Crippen LogP contribution in [0.25, 0.3) is 0 Å². The summed E-state index contributed by atoms with van der Waals surface area (Å²) in [4.78, 5) is 11.6. The molecule has 2 nitrogen and oxygen atoms in total. The van der Waals surface area contributed by atoms with Gasteiger partial charge < -0.3 is 4.74 Å². The predicted molar refractivity (Wildman–Crippen MR) is 129 cm³/mol. The molecule has 0 aromatic rings. The van der Waals surface area contributed by atoms with Gasteiger partial charge in [-0.15, -0.1) is 0 Å². The van der Waals surface area contributed by atoms with Gasteiger partial charge in [-0.05, 0) is 98.7 Å². The summed E-state index contributed by atoms with van der Waals surface area (Å²) >= 11 is 0. The summed E-state index contributed by atoms with van der Waals surface area (Å²) in [7, 11) is 0. The molecule has 0 amide bonds. The van der Waals surface area contributed by atoms with E-state index in [0.29, 0.717) is 0 Å². The van der Waals surface area contributed by atoms with Crippen molar-refractivity contribution in [3.05, 3.63) is 11.6 Å². The SMILES string of the molecule is CC(=O)O[C@H]1CCCC[C@@H]2C(=CCC3C4CC[C@H](C(C)CCCC(C)C)C4CCC32)C1. The summed E-state index contributed by atoms with van der Waals surface area (Å²) in [5.74, 6) is 7.29. The van der Waals surface area contributed by atoms with E-state index in [2.05, 4.69) is 26.8 Å². The van der Waals surface area contributed by atoms with Gasteiger partial charge in [-0.3, -0.25) is 4.79 Å². The van der Waals surface area contributed by atoms with E-state index < -0.39 is 0 Å². The lowest BCUT2D eigenvalue weighted by Crippen LogP contribution is -2.41. The predicted octanol–water partition coefficient (Wildman–Crippen LogP) is 7.96. The minimum absolute atomic E-state index is 0.101. The van der Waals surface area contributed by atoms with Crippen LogP contribution in [0.4, 0.5) is 0 Å². The van der Waals surface area contributed by atoms with Crippen molar-refractivity contribution < 1.29 is 9.53 Å². The topological polar surface area (TPSA) is 26.3 Å². The van der Waals surface area contributed by atoms with E-state index in [-0.39, 0.29) is 12.1 Å². The molecule has 4 aliphatic carbocycles. The maximum absolute atomic E-state index is 11.6. The number of allylic oxidation sites excluding steroid dienone is 1. The summed E-state index contributed by atoms with van der Waals surface area (Å²) in [5, 5.41) is 0. The first kappa shape index (κ1) is 23.4. The number of hydrogen-bond donors (Lipinski definition) is 0. The fourth-order valence-electron chi connectivity index (χ4n) is 8.41. The number of rotatable bonds is 6. The Morgan fingerprint density at radius 2 is 1.68 bits per heavy atom. The van der Waals surface area contributed by atoms with Crippen LogP contribution in [0.2, 0.25) is 0 Å². The third-order valence-electron chi connectivity index (χ3n) is 9.77. The van der Waals surface area contributed by atoms with Crippen LogP contribution in [0.5, 0.6) is 0 Å². The number of carbonyl (C=O) groups is 1. The molecule has 0 heterocycles. The van der Waals surface area contributed by atoms with Gasteiger partial charge in [-0.25, -0.2) is 0 Å². The van der Waals surface area contributed by atoms with Gasteiger partial charge in [-0.1, -0.05) is 58.1 Å². The van der Waals surface area contributed by atoms with E-state index in [9.17, 15) is 4.79 Å². The Labute approximate surface area is 192 Å². The van der Waals surface area contributed by atoms with Gasteiger partial charge in [0.25, 0.3) is 0 Å². The monoisotopic (exact) mass is 428 g/mol. The highest BCUT2D eigenvalue weighted by molar-refractivity contribution is 5.66. The summed E-state index contributed by atoms with van der Waals surface area (Å²) in [6.45, 7) is 8.88. The van der Waals surface area contributed by atoms with Crippen LogP contribution in [0, 0.1) is 47.3 Å². The van der Waals surface area contributed by atoms with E-state index >= 15 is 0 Å². The Morgan fingerprint density at radius 1 is 0.935 bits per heavy atom. The van der Waals surface area contributed by atoms with Crippen LogP contribution < -0.4 is 0 Å². The van der Waals surface area contributed by atoms with Gasteiger partial charge >= 0.3 is 5.97 Å². The Hall–Kier alpha value is -0.790. The van der Waals surface area contributed by atoms with Crippen molar-refractivity contribution in [1.82, 2.24) is 0 Å². The lowest BCUT2D eigenvalue weighted by Gasteiger charge is -2.49. The molecule has 3 saturated carbocycles. The zero-order chi connectivity index (χ0) is 22.0. The van der Waals surface area contributed by atoms with E-state index in [1.165, 1.54) is 70.6 Å². The number of ether oxygens (including phenoxy) is 1. The first-order valence-corrected chi connectivity index (χ1v) is 13.8. The highest BCUT2D eigenvalue weighted by atomic mass is 16.5. The van der Waals surface area contributed by atoms with Crippen molar-refractivity contribution in [2.24, 2.45) is 47.3 Å². The molecule has 4 rings (SSSR count). The van der Waals surface area contributed by atoms with Gasteiger partial charge in [0.1, 0.15) is 6.10 Å². The van der Waals surface area contributed by atoms with Crippen molar-refractivity contribution in [3.8, 4) is 0 Å². The van der Waals surface area contributed by atoms with Crippen molar-refractivity contribution in [2.75, 3.05) is 0 Å². The van der Waals surface area contributed by atoms with E-state index in [4.69, 9.17) is 4.74 Å². The van der Waals surface area contributed by atoms with Crippen LogP contribution in [-0.4, -0.2) is 12.1 Å². The highest BCUT2D eigenvalue weighted by Crippen LogP contribution is 2.58. The summed E-state index contributed by atoms with van der Waals surface area (Å²) in [6.07, 6.45) is 20.3. The molecule has 0 bridgehead atoms. The van der Waals surface area contributed by atoms with Gasteiger partial charge in [-0.2, -0.15) is 0 Å². The lowest BCUT2D eigenvalue weighted by molar-refractivity contribution is -0.146. The molecule has 8 atom stereocenters. The lowest BCUT2D eigenvalue weighted by atomic mass is 9.56. The fourth-order valence-corrected chi connectivity index (χ4v) is 8.41. The maximum Gasteiger partial charge on any atom is 0.302 e. The Kier molecular flexibility index (Phi) is 7.86. The summed E-state index contributed by atoms with van der Waals surface area (Å²) < 4.78 is 5.69. The van der Waals surface area contributed by atoms with Crippen LogP contribution in [0.3, 0.4) is 0 Å². The van der Waals surface area contributed by atoms with Gasteiger partial charge in [0.2, 0.25) is 0 Å². The zero-order valence-corrected chi connectivity index (χ0v) is 20.8. The van der Waals surface area contributed by atoms with Crippen molar-refractivity contribution in [2.45, 2.75) is 117 Å². The largest absolute Gasteiger partial charge is 0.462 e. The molecule has 0 saturated heterocycles. The number of esters is 1. The Bertz CT molecular complexity index is 635. The highest BCUT2D eigenvalue weighted by Gasteiger charge is 2.50. The molecule has 0 aliphatic heterocycles. The van der Waals surface area contributed by atoms with Gasteiger partial charge in [0.05, 0.1) is 0 Å².